The Morgan fingerprint density at radius 1 is 0.367 bits per heavy atom. The molecule has 4 saturated heterocycles. The lowest BCUT2D eigenvalue weighted by atomic mass is 9.79. The molecule has 8 heterocycles. The van der Waals surface area contributed by atoms with Crippen LogP contribution in [0.15, 0.2) is 48.3 Å². The van der Waals surface area contributed by atoms with Crippen molar-refractivity contribution in [1.82, 2.24) is 19.6 Å². The highest BCUT2D eigenvalue weighted by molar-refractivity contribution is 5.77. The van der Waals surface area contributed by atoms with Gasteiger partial charge in [0, 0.05) is 186 Å². The third kappa shape index (κ3) is 23.8. The molecule has 12 rings (SSSR count). The van der Waals surface area contributed by atoms with Crippen molar-refractivity contribution in [3.63, 3.8) is 0 Å². The molecule has 0 amide bonds. The van der Waals surface area contributed by atoms with Crippen molar-refractivity contribution in [2.75, 3.05) is 109 Å². The van der Waals surface area contributed by atoms with E-state index < -0.39 is 409 Å². The Morgan fingerprint density at radius 2 is 0.592 bits per heavy atom. The molecule has 0 radical (unpaired) electrons. The van der Waals surface area contributed by atoms with Gasteiger partial charge in [-0.3, -0.25) is 38.8 Å². The van der Waals surface area contributed by atoms with Gasteiger partial charge in [-0.05, 0) is 191 Å². The van der Waals surface area contributed by atoms with E-state index in [1.54, 1.807) is 55.4 Å². The quantitative estimate of drug-likeness (QED) is 0.0303. The molecule has 8 aliphatic heterocycles. The van der Waals surface area contributed by atoms with Crippen LogP contribution in [0.25, 0.3) is 0 Å². The van der Waals surface area contributed by atoms with Crippen LogP contribution in [0.3, 0.4) is 0 Å². The Kier molecular flexibility index (Phi) is 15.0. The summed E-state index contributed by atoms with van der Waals surface area (Å²) in [6, 6.07) is -26.1. The van der Waals surface area contributed by atoms with Gasteiger partial charge in [-0.25, -0.2) is 0 Å². The molecule has 0 saturated carbocycles. The summed E-state index contributed by atoms with van der Waals surface area (Å²) >= 11 is 0. The second-order valence-corrected chi connectivity index (χ2v) is 30.7. The molecule has 4 aromatic carbocycles. The molecule has 16 atom stereocenters. The van der Waals surface area contributed by atoms with Crippen molar-refractivity contribution >= 4 is 23.9 Å². The topological polar surface area (TPSA) is 296 Å². The SMILES string of the molecule is [2H]c1c(OC)c(OC([2H])([2H])[2H])c([2H])c2c1C1CC(OC(=O)[C@@]([2H])(N)C([2H])(C([2H])([2H])[2H])C([2H])([2H])[2H])C(CC(C)C)CN1C([2H])([2H])C2([2H])[2H].[2H]c1c(OC)c(OC([2H])([2H])[2H])c([2H])c2c1C1CC([2H])(OC(=O)[C@@]([2H])(N)C([2H])(C([2H])([2H])[2H])C([2H])([2H])[2H])C(CC(C)C)CN1C([2H])([2H])C2([2H])[2H].[2H]c1c(OC)c(OC)c([2H])c2c1C1CC([2H])(OC(=O)[C@@]([2H])(N)C([2H])(C([2H])([2H])[2H])C([2H])([2H])[2H])C(CC(C)C)CN1C([2H])([2H])C2([2H])[2H].[2H]c1c(OC)c(OC)c([2H])c2c1C1CC([2H])(OC(=O)[C@@]([2H])(N)C([2H])(C([2H])([2H])[2H])C([2H])([2H])[2H])C(CC(C)C)CN1C([2H])([2H])C2([2H])[2H]. The number of nitrogens with zero attached hydrogens (tertiary/aromatic N) is 4. The summed E-state index contributed by atoms with van der Waals surface area (Å²) in [6.45, 7) is -29.8. The molecule has 672 valence electrons. The van der Waals surface area contributed by atoms with Crippen LogP contribution in [0.1, 0.15) is 319 Å². The first kappa shape index (κ1) is 40.9. The van der Waals surface area contributed by atoms with Gasteiger partial charge in [-0.2, -0.15) is 0 Å². The Hall–Kier alpha value is -7.16. The van der Waals surface area contributed by atoms with E-state index in [1.807, 2.05) is 0 Å². The van der Waals surface area contributed by atoms with Crippen LogP contribution in [0.5, 0.6) is 46.0 Å². The normalized spacial score (nSPS) is 40.5. The van der Waals surface area contributed by atoms with Gasteiger partial charge in [-0.1, -0.05) is 110 Å². The molecule has 8 aliphatic rings. The smallest absolute Gasteiger partial charge is 0.323 e. The molecular weight excluding hydrogens is 1520 g/mol. The molecule has 0 spiro atoms. The Bertz CT molecular complexity index is 6840. The minimum Gasteiger partial charge on any atom is -0.493 e. The predicted molar refractivity (Wildman–Crippen MR) is 471 cm³/mol. The van der Waals surface area contributed by atoms with E-state index in [2.05, 4.69) is 0 Å². The first-order chi connectivity index (χ1) is 82.3. The second-order valence-electron chi connectivity index (χ2n) is 30.7. The van der Waals surface area contributed by atoms with Gasteiger partial charge in [0.15, 0.2) is 46.0 Å². The molecule has 12 unspecified atom stereocenters. The lowest BCUT2D eigenvalue weighted by Gasteiger charge is -2.47. The summed E-state index contributed by atoms with van der Waals surface area (Å²) in [5.41, 5.74) is 19.1. The number of carbonyl (C=O) groups is 4. The molecule has 24 heteroatoms. The zero-order valence-corrected chi connectivity index (χ0v) is 69.1. The van der Waals surface area contributed by atoms with Crippen LogP contribution in [-0.4, -0.2) is 201 Å². The number of ether oxygens (including phenoxy) is 12. The van der Waals surface area contributed by atoms with Crippen molar-refractivity contribution in [1.29, 1.82) is 0 Å². The summed E-state index contributed by atoms with van der Waals surface area (Å²) < 4.78 is 599. The van der Waals surface area contributed by atoms with Crippen LogP contribution in [0.4, 0.5) is 0 Å². The monoisotopic (exact) mass is 1740 g/mol. The highest BCUT2D eigenvalue weighted by Gasteiger charge is 2.47. The summed E-state index contributed by atoms with van der Waals surface area (Å²) in [7, 11) is 0.420. The van der Waals surface area contributed by atoms with Crippen molar-refractivity contribution in [2.24, 2.45) is 93.9 Å². The standard InChI is InChI=1S/4C24H38N2O4/c4*1-14(2)9-17-13-26-8-7-16-10-21(28-5)22(29-6)11-18(16)19(26)12-20(17)30-24(27)23(25)15(3)4/h4*10-11,14-15,17,19-20,23H,7-9,12-13,25H2,1-6H3/t4*17?,19?,20?,23-/m0000/s1/i3D3,4D3,5D3,7D2,8D2,10D,11D,15D,20D,23D;2*3D3,4D3,7D2,8D2,10D,11D,15D,20D,23D;3D3,4D3,5D3,7D2,8D2,10D,11D,15D,23D. The number of hydrogen-bond acceptors (Lipinski definition) is 24. The molecule has 120 heavy (non-hydrogen) atoms. The van der Waals surface area contributed by atoms with E-state index in [9.17, 15) is 23.3 Å². The van der Waals surface area contributed by atoms with Crippen LogP contribution in [-0.2, 0) is 63.6 Å². The van der Waals surface area contributed by atoms with E-state index in [0.29, 0.717) is 0 Å². The number of rotatable bonds is 28. The van der Waals surface area contributed by atoms with Crippen LogP contribution in [0, 0.1) is 70.9 Å². The third-order valence-corrected chi connectivity index (χ3v) is 20.6. The van der Waals surface area contributed by atoms with Crippen molar-refractivity contribution < 1.29 is 165 Å². The van der Waals surface area contributed by atoms with Gasteiger partial charge in [-0.15, -0.1) is 0 Å². The lowest BCUT2D eigenvalue weighted by Crippen LogP contribution is -2.51. The number of methoxy groups -OCH3 is 8. The van der Waals surface area contributed by atoms with E-state index >= 15 is 0 Å². The first-order valence-electron chi connectivity index (χ1n) is 70.8. The Labute approximate surface area is 810 Å². The molecular formula is C96H152N8O16. The molecule has 0 aliphatic carbocycles. The average Bonchev–Trinajstić information content (AvgIpc) is 0.689. The van der Waals surface area contributed by atoms with Gasteiger partial charge >= 0.3 is 23.9 Å². The van der Waals surface area contributed by atoms with E-state index in [1.165, 1.54) is 14.2 Å². The Morgan fingerprint density at radius 3 is 0.833 bits per heavy atom. The Balaban J connectivity index is 0.000000269. The molecule has 8 N–H and O–H groups in total. The number of benzene rings is 4. The number of nitrogens with two attached hydrogens (primary N) is 4. The largest absolute Gasteiger partial charge is 0.493 e. The summed E-state index contributed by atoms with van der Waals surface area (Å²) in [5, 5.41) is 0. The zero-order valence-electron chi connectivity index (χ0n) is 134. The van der Waals surface area contributed by atoms with Crippen molar-refractivity contribution in [2.45, 2.75) is 260 Å². The van der Waals surface area contributed by atoms with E-state index in [4.69, 9.17) is 165 Å². The highest BCUT2D eigenvalue weighted by Crippen LogP contribution is 2.50. The number of fused-ring (bicyclic) bond motifs is 12. The maximum Gasteiger partial charge on any atom is 0.323 e. The number of carbonyl (C=O) groups excluding carboxylic acids is 4. The molecule has 0 bridgehead atoms. The van der Waals surface area contributed by atoms with Gasteiger partial charge in [0.25, 0.3) is 0 Å². The summed E-state index contributed by atoms with van der Waals surface area (Å²) in [4.78, 5) is 58.3. The van der Waals surface area contributed by atoms with Crippen LogP contribution in [0.2, 0.25) is 0 Å². The van der Waals surface area contributed by atoms with Gasteiger partial charge in [0.1, 0.15) is 48.4 Å². The van der Waals surface area contributed by atoms with Crippen molar-refractivity contribution in [3.05, 3.63) is 92.8 Å². The van der Waals surface area contributed by atoms with Gasteiger partial charge in [0.2, 0.25) is 0 Å². The van der Waals surface area contributed by atoms with E-state index in [-0.39, 0.29) is 95.6 Å². The van der Waals surface area contributed by atoms with Crippen LogP contribution >= 0.6 is 0 Å². The lowest BCUT2D eigenvalue weighted by molar-refractivity contribution is -0.161. The molecule has 0 aromatic heterocycles. The third-order valence-electron chi connectivity index (χ3n) is 20.6. The molecule has 4 fully saturated rings. The predicted octanol–water partition coefficient (Wildman–Crippen LogP) is 14.3. The maximum absolute atomic E-state index is 13.6. The minimum atomic E-state index is -3.94. The molecule has 4 aromatic rings. The number of hydrogen-bond donors (Lipinski definition) is 4. The fourth-order valence-electron chi connectivity index (χ4n) is 15.0. The van der Waals surface area contributed by atoms with Gasteiger partial charge in [0.05, 0.1) is 85.5 Å². The zero-order chi connectivity index (χ0) is 144. The minimum absolute atomic E-state index is 0.00181. The second kappa shape index (κ2) is 43.9. The van der Waals surface area contributed by atoms with E-state index in [0.717, 1.165) is 48.0 Å². The fraction of sp³-hybridized carbons (Fsp3) is 0.708. The van der Waals surface area contributed by atoms with Crippen LogP contribution < -0.4 is 60.8 Å². The summed E-state index contributed by atoms with van der Waals surface area (Å²) in [6.07, 6.45) is -23.1. The summed E-state index contributed by atoms with van der Waals surface area (Å²) in [5.74, 6) is -32.7. The maximum atomic E-state index is 13.6. The fourth-order valence-corrected chi connectivity index (χ4v) is 15.0. The highest BCUT2D eigenvalue weighted by atomic mass is 16.6. The molecule has 24 nitrogen and oxygen atoms in total. The number of esters is 4. The first-order valence-corrected chi connectivity index (χ1v) is 38.3. The average molecular weight is 1740 g/mol. The van der Waals surface area contributed by atoms with Crippen molar-refractivity contribution in [3.8, 4) is 46.0 Å². The van der Waals surface area contributed by atoms with Gasteiger partial charge < -0.3 is 79.8 Å². The number of piperidine rings is 4.